The molecule has 1 atom stereocenters. The topological polar surface area (TPSA) is 71.8 Å². The number of hydrogen-bond acceptors (Lipinski definition) is 4. The van der Waals surface area contributed by atoms with Crippen molar-refractivity contribution >= 4 is 5.91 Å². The van der Waals surface area contributed by atoms with E-state index < -0.39 is 11.7 Å². The van der Waals surface area contributed by atoms with Gasteiger partial charge >= 0.3 is 0 Å². The van der Waals surface area contributed by atoms with Gasteiger partial charge in [0.15, 0.2) is 0 Å². The zero-order valence-corrected chi connectivity index (χ0v) is 15.5. The highest BCUT2D eigenvalue weighted by molar-refractivity contribution is 5.94. The molecule has 2 saturated heterocycles. The monoisotopic (exact) mass is 360 g/mol. The Kier molecular flexibility index (Phi) is 4.65. The molecule has 0 bridgehead atoms. The summed E-state index contributed by atoms with van der Waals surface area (Å²) in [5.74, 6) is -0.181. The summed E-state index contributed by atoms with van der Waals surface area (Å²) >= 11 is 0. The molecule has 26 heavy (non-hydrogen) atoms. The van der Waals surface area contributed by atoms with E-state index in [2.05, 4.69) is 0 Å². The number of rotatable bonds is 1. The predicted molar refractivity (Wildman–Crippen MR) is 97.4 cm³/mol. The van der Waals surface area contributed by atoms with E-state index in [0.29, 0.717) is 32.5 Å². The van der Waals surface area contributed by atoms with Crippen molar-refractivity contribution in [3.8, 4) is 0 Å². The number of ether oxygens (including phenoxy) is 1. The minimum absolute atomic E-state index is 0.181. The SMILES string of the molecule is Cn1c2c(cc(C(=O)N3CCC4(CC3)OCCC[C@@H]4O)c1=O)CCCC2. The number of pyridine rings is 1. The van der Waals surface area contributed by atoms with E-state index in [1.165, 1.54) is 0 Å². The molecule has 2 fully saturated rings. The summed E-state index contributed by atoms with van der Waals surface area (Å²) in [5.41, 5.74) is 1.81. The highest BCUT2D eigenvalue weighted by atomic mass is 16.5. The molecule has 1 aliphatic carbocycles. The van der Waals surface area contributed by atoms with Crippen LogP contribution in [0.4, 0.5) is 0 Å². The van der Waals surface area contributed by atoms with Crippen LogP contribution in [-0.4, -0.2) is 51.9 Å². The van der Waals surface area contributed by atoms with Crippen molar-refractivity contribution in [2.45, 2.75) is 63.1 Å². The lowest BCUT2D eigenvalue weighted by molar-refractivity contribution is -0.174. The van der Waals surface area contributed by atoms with Gasteiger partial charge in [-0.25, -0.2) is 0 Å². The van der Waals surface area contributed by atoms with Gasteiger partial charge in [-0.2, -0.15) is 0 Å². The van der Waals surface area contributed by atoms with E-state index >= 15 is 0 Å². The van der Waals surface area contributed by atoms with Gasteiger partial charge in [-0.3, -0.25) is 9.59 Å². The van der Waals surface area contributed by atoms with Crippen LogP contribution in [0.5, 0.6) is 0 Å². The number of fused-ring (bicyclic) bond motifs is 1. The van der Waals surface area contributed by atoms with Gasteiger partial charge < -0.3 is 19.3 Å². The van der Waals surface area contributed by atoms with Gasteiger partial charge in [-0.15, -0.1) is 0 Å². The maximum absolute atomic E-state index is 13.0. The number of amides is 1. The number of piperidine rings is 1. The molecule has 0 aromatic carbocycles. The average Bonchev–Trinajstić information content (AvgIpc) is 2.67. The maximum Gasteiger partial charge on any atom is 0.263 e. The summed E-state index contributed by atoms with van der Waals surface area (Å²) in [4.78, 5) is 27.5. The lowest BCUT2D eigenvalue weighted by Gasteiger charge is -2.46. The third-order valence-corrected chi connectivity index (χ3v) is 6.48. The van der Waals surface area contributed by atoms with Crippen LogP contribution in [0.25, 0.3) is 0 Å². The first-order valence-corrected chi connectivity index (χ1v) is 9.85. The average molecular weight is 360 g/mol. The van der Waals surface area contributed by atoms with Crippen molar-refractivity contribution in [3.63, 3.8) is 0 Å². The number of hydrogen-bond donors (Lipinski definition) is 1. The summed E-state index contributed by atoms with van der Waals surface area (Å²) < 4.78 is 7.58. The van der Waals surface area contributed by atoms with Gasteiger partial charge in [-0.05, 0) is 63.0 Å². The number of likely N-dealkylation sites (tertiary alicyclic amines) is 1. The number of carbonyl (C=O) groups excluding carboxylic acids is 1. The van der Waals surface area contributed by atoms with Gasteiger partial charge in [0.1, 0.15) is 5.56 Å². The van der Waals surface area contributed by atoms with Crippen LogP contribution in [0, 0.1) is 0 Å². The van der Waals surface area contributed by atoms with Gasteiger partial charge in [0, 0.05) is 32.4 Å². The molecule has 4 rings (SSSR count). The molecule has 0 radical (unpaired) electrons. The first-order chi connectivity index (χ1) is 12.5. The predicted octanol–water partition coefficient (Wildman–Crippen LogP) is 1.41. The quantitative estimate of drug-likeness (QED) is 0.822. The third kappa shape index (κ3) is 2.89. The fraction of sp³-hybridized carbons (Fsp3) is 0.700. The Labute approximate surface area is 153 Å². The molecule has 3 aliphatic rings. The number of aliphatic hydroxyl groups excluding tert-OH is 1. The Bertz CT molecular complexity index is 762. The molecule has 1 aromatic rings. The van der Waals surface area contributed by atoms with Crippen molar-refractivity contribution < 1.29 is 14.6 Å². The van der Waals surface area contributed by atoms with Crippen molar-refractivity contribution in [2.75, 3.05) is 19.7 Å². The second kappa shape index (κ2) is 6.82. The standard InChI is InChI=1S/C20H28N2O4/c1-21-16-6-3-2-5-14(16)13-15(18(21)24)19(25)22-10-8-20(9-11-22)17(23)7-4-12-26-20/h13,17,23H,2-12H2,1H3/t17-/m0/s1. The zero-order valence-electron chi connectivity index (χ0n) is 15.5. The first-order valence-electron chi connectivity index (χ1n) is 9.85. The molecule has 1 aromatic heterocycles. The second-order valence-corrected chi connectivity index (χ2v) is 7.96. The summed E-state index contributed by atoms with van der Waals surface area (Å²) in [5, 5.41) is 10.4. The van der Waals surface area contributed by atoms with Gasteiger partial charge in [0.2, 0.25) is 0 Å². The molecule has 1 amide bonds. The fourth-order valence-electron chi connectivity index (χ4n) is 4.79. The normalized spacial score (nSPS) is 25.2. The molecule has 3 heterocycles. The van der Waals surface area contributed by atoms with Crippen LogP contribution >= 0.6 is 0 Å². The first kappa shape index (κ1) is 17.7. The Hall–Kier alpha value is -1.66. The third-order valence-electron chi connectivity index (χ3n) is 6.48. The van der Waals surface area contributed by atoms with E-state index in [0.717, 1.165) is 49.8 Å². The van der Waals surface area contributed by atoms with Crippen molar-refractivity contribution in [1.29, 1.82) is 0 Å². The lowest BCUT2D eigenvalue weighted by atomic mass is 9.82. The molecule has 1 spiro atoms. The summed E-state index contributed by atoms with van der Waals surface area (Å²) in [6.07, 6.45) is 6.52. The minimum Gasteiger partial charge on any atom is -0.390 e. The van der Waals surface area contributed by atoms with Crippen LogP contribution in [0.3, 0.4) is 0 Å². The van der Waals surface area contributed by atoms with Crippen LogP contribution < -0.4 is 5.56 Å². The molecule has 0 saturated carbocycles. The lowest BCUT2D eigenvalue weighted by Crippen LogP contribution is -2.56. The number of carbonyl (C=O) groups is 1. The molecule has 1 N–H and O–H groups in total. The van der Waals surface area contributed by atoms with E-state index in [1.54, 1.807) is 16.5 Å². The summed E-state index contributed by atoms with van der Waals surface area (Å²) in [7, 11) is 1.78. The van der Waals surface area contributed by atoms with Crippen molar-refractivity contribution in [3.05, 3.63) is 33.2 Å². The summed E-state index contributed by atoms with van der Waals surface area (Å²) in [6.45, 7) is 1.72. The van der Waals surface area contributed by atoms with Crippen LogP contribution in [0.2, 0.25) is 0 Å². The molecular weight excluding hydrogens is 332 g/mol. The Morgan fingerprint density at radius 3 is 2.69 bits per heavy atom. The van der Waals surface area contributed by atoms with E-state index in [-0.39, 0.29) is 17.0 Å². The molecule has 2 aliphatic heterocycles. The van der Waals surface area contributed by atoms with Gasteiger partial charge in [-0.1, -0.05) is 0 Å². The van der Waals surface area contributed by atoms with E-state index in [4.69, 9.17) is 4.74 Å². The Balaban J connectivity index is 1.54. The smallest absolute Gasteiger partial charge is 0.263 e. The van der Waals surface area contributed by atoms with Crippen LogP contribution in [0.1, 0.15) is 60.1 Å². The van der Waals surface area contributed by atoms with Gasteiger partial charge in [0.25, 0.3) is 11.5 Å². The number of aromatic nitrogens is 1. The highest BCUT2D eigenvalue weighted by Crippen LogP contribution is 2.35. The van der Waals surface area contributed by atoms with Crippen molar-refractivity contribution in [2.24, 2.45) is 7.05 Å². The van der Waals surface area contributed by atoms with E-state index in [1.807, 2.05) is 6.07 Å². The molecule has 0 unspecified atom stereocenters. The van der Waals surface area contributed by atoms with Crippen molar-refractivity contribution in [1.82, 2.24) is 9.47 Å². The van der Waals surface area contributed by atoms with E-state index in [9.17, 15) is 14.7 Å². The molecule has 6 nitrogen and oxygen atoms in total. The zero-order chi connectivity index (χ0) is 18.3. The molecular formula is C20H28N2O4. The van der Waals surface area contributed by atoms with Crippen LogP contribution in [-0.2, 0) is 24.6 Å². The summed E-state index contributed by atoms with van der Waals surface area (Å²) in [6, 6.07) is 1.83. The van der Waals surface area contributed by atoms with Gasteiger partial charge in [0.05, 0.1) is 11.7 Å². The Morgan fingerprint density at radius 2 is 1.96 bits per heavy atom. The Morgan fingerprint density at radius 1 is 1.23 bits per heavy atom. The number of aryl methyl sites for hydroxylation is 1. The highest BCUT2D eigenvalue weighted by Gasteiger charge is 2.44. The molecule has 142 valence electrons. The number of aliphatic hydroxyl groups is 1. The minimum atomic E-state index is -0.504. The largest absolute Gasteiger partial charge is 0.390 e. The fourth-order valence-corrected chi connectivity index (χ4v) is 4.79. The number of nitrogens with zero attached hydrogens (tertiary/aromatic N) is 2. The second-order valence-electron chi connectivity index (χ2n) is 7.96. The maximum atomic E-state index is 13.0. The van der Waals surface area contributed by atoms with Crippen LogP contribution in [0.15, 0.2) is 10.9 Å². The molecule has 6 heteroatoms.